The molecule has 0 saturated carbocycles. The Kier molecular flexibility index (Phi) is 1.64. The largest absolute Gasteiger partial charge is 0.293 e. The summed E-state index contributed by atoms with van der Waals surface area (Å²) in [4.78, 5) is 4.17. The van der Waals surface area contributed by atoms with Gasteiger partial charge in [0.1, 0.15) is 6.20 Å². The van der Waals surface area contributed by atoms with Gasteiger partial charge in [0.2, 0.25) is 0 Å². The lowest BCUT2D eigenvalue weighted by molar-refractivity contribution is 1.09. The van der Waals surface area contributed by atoms with Crippen molar-refractivity contribution < 1.29 is 0 Å². The van der Waals surface area contributed by atoms with Crippen LogP contribution < -0.4 is 0 Å². The van der Waals surface area contributed by atoms with E-state index in [2.05, 4.69) is 33.9 Å². The zero-order chi connectivity index (χ0) is 9.38. The quantitative estimate of drug-likeness (QED) is 0.589. The molecule has 0 aliphatic rings. The molecule has 0 bridgehead atoms. The molecule has 3 heteroatoms. The second-order valence-electron chi connectivity index (χ2n) is 3.00. The summed E-state index contributed by atoms with van der Waals surface area (Å²) in [5, 5.41) is 4.07. The van der Waals surface area contributed by atoms with E-state index in [0.29, 0.717) is 0 Å². The third-order valence-electron chi connectivity index (χ3n) is 2.18. The van der Waals surface area contributed by atoms with Crippen LogP contribution in [0.5, 0.6) is 0 Å². The van der Waals surface area contributed by atoms with Crippen LogP contribution in [-0.2, 0) is 0 Å². The maximum atomic E-state index is 4.17. The summed E-state index contributed by atoms with van der Waals surface area (Å²) in [6.45, 7) is 0. The fraction of sp³-hybridized carbons (Fsp3) is 0. The van der Waals surface area contributed by atoms with Gasteiger partial charge in [-0.25, -0.2) is 4.98 Å². The molecule has 3 aromatic rings. The van der Waals surface area contributed by atoms with Gasteiger partial charge in [0.15, 0.2) is 5.13 Å². The summed E-state index contributed by atoms with van der Waals surface area (Å²) in [6.07, 6.45) is 4.87. The standard InChI is InChI=1S/C11H7N2S/c1-2-4-10-9(3-1)5-7-13(10)11-12-6-8-14-11/h1-5,7-8H. The van der Waals surface area contributed by atoms with Gasteiger partial charge in [-0.15, -0.1) is 11.3 Å². The SMILES string of the molecule is [c]1csc(-n2ccc3ccccc32)n1. The molecule has 14 heavy (non-hydrogen) atoms. The lowest BCUT2D eigenvalue weighted by Crippen LogP contribution is -1.89. The number of fused-ring (bicyclic) bond motifs is 1. The van der Waals surface area contributed by atoms with Crippen molar-refractivity contribution in [3.05, 3.63) is 48.1 Å². The summed E-state index contributed by atoms with van der Waals surface area (Å²) in [7, 11) is 0. The smallest absolute Gasteiger partial charge is 0.194 e. The molecule has 0 aliphatic carbocycles. The third kappa shape index (κ3) is 1.06. The monoisotopic (exact) mass is 199 g/mol. The highest BCUT2D eigenvalue weighted by atomic mass is 32.1. The fourth-order valence-electron chi connectivity index (χ4n) is 1.55. The summed E-state index contributed by atoms with van der Waals surface area (Å²) in [5.74, 6) is 0. The molecule has 67 valence electrons. The van der Waals surface area contributed by atoms with E-state index in [-0.39, 0.29) is 0 Å². The Bertz CT molecular complexity index is 551. The molecule has 0 spiro atoms. The van der Waals surface area contributed by atoms with Gasteiger partial charge < -0.3 is 0 Å². The molecule has 0 saturated heterocycles. The number of nitrogens with zero attached hydrogens (tertiary/aromatic N) is 2. The van der Waals surface area contributed by atoms with Crippen molar-refractivity contribution in [2.45, 2.75) is 0 Å². The summed E-state index contributed by atoms with van der Waals surface area (Å²) in [5.41, 5.74) is 1.19. The van der Waals surface area contributed by atoms with E-state index in [4.69, 9.17) is 0 Å². The number of aromatic nitrogens is 2. The maximum Gasteiger partial charge on any atom is 0.194 e. The van der Waals surface area contributed by atoms with Crippen LogP contribution in [0, 0.1) is 6.20 Å². The Hall–Kier alpha value is -1.61. The van der Waals surface area contributed by atoms with Gasteiger partial charge in [0, 0.05) is 17.0 Å². The van der Waals surface area contributed by atoms with Gasteiger partial charge in [-0.05, 0) is 12.1 Å². The van der Waals surface area contributed by atoms with Crippen LogP contribution in [0.2, 0.25) is 0 Å². The second-order valence-corrected chi connectivity index (χ2v) is 3.84. The predicted molar refractivity (Wildman–Crippen MR) is 57.8 cm³/mol. The lowest BCUT2D eigenvalue weighted by Gasteiger charge is -1.98. The average molecular weight is 199 g/mol. The van der Waals surface area contributed by atoms with E-state index < -0.39 is 0 Å². The van der Waals surface area contributed by atoms with Crippen molar-refractivity contribution >= 4 is 22.2 Å². The highest BCUT2D eigenvalue weighted by Crippen LogP contribution is 2.20. The maximum absolute atomic E-state index is 4.17. The molecule has 1 aromatic carbocycles. The number of rotatable bonds is 1. The van der Waals surface area contributed by atoms with Crippen LogP contribution in [0.1, 0.15) is 0 Å². The lowest BCUT2D eigenvalue weighted by atomic mass is 10.2. The Morgan fingerprint density at radius 3 is 3.00 bits per heavy atom. The molecular weight excluding hydrogens is 192 g/mol. The van der Waals surface area contributed by atoms with Crippen LogP contribution >= 0.6 is 11.3 Å². The van der Waals surface area contributed by atoms with E-state index in [1.54, 1.807) is 11.3 Å². The minimum absolute atomic E-state index is 0.964. The first-order chi connectivity index (χ1) is 6.95. The molecule has 1 radical (unpaired) electrons. The first-order valence-corrected chi connectivity index (χ1v) is 5.21. The number of hydrogen-bond donors (Lipinski definition) is 0. The summed E-state index contributed by atoms with van der Waals surface area (Å²) >= 11 is 1.59. The number of thiazole rings is 1. The van der Waals surface area contributed by atoms with E-state index in [1.807, 2.05) is 23.7 Å². The summed E-state index contributed by atoms with van der Waals surface area (Å²) < 4.78 is 2.08. The van der Waals surface area contributed by atoms with E-state index >= 15 is 0 Å². The van der Waals surface area contributed by atoms with Crippen molar-refractivity contribution in [3.8, 4) is 5.13 Å². The van der Waals surface area contributed by atoms with Gasteiger partial charge in [-0.1, -0.05) is 18.2 Å². The average Bonchev–Trinajstić information content (AvgIpc) is 2.85. The van der Waals surface area contributed by atoms with Crippen LogP contribution in [-0.4, -0.2) is 9.55 Å². The van der Waals surface area contributed by atoms with E-state index in [0.717, 1.165) is 5.13 Å². The Labute approximate surface area is 85.4 Å². The molecule has 0 unspecified atom stereocenters. The summed E-state index contributed by atoms with van der Waals surface area (Å²) in [6, 6.07) is 10.4. The molecule has 0 fully saturated rings. The van der Waals surface area contributed by atoms with Gasteiger partial charge >= 0.3 is 0 Å². The topological polar surface area (TPSA) is 17.8 Å². The molecule has 2 nitrogen and oxygen atoms in total. The van der Waals surface area contributed by atoms with Crippen molar-refractivity contribution in [2.75, 3.05) is 0 Å². The first-order valence-electron chi connectivity index (χ1n) is 4.33. The van der Waals surface area contributed by atoms with Crippen LogP contribution in [0.3, 0.4) is 0 Å². The third-order valence-corrected chi connectivity index (χ3v) is 2.90. The van der Waals surface area contributed by atoms with Crippen LogP contribution in [0.4, 0.5) is 0 Å². The van der Waals surface area contributed by atoms with Crippen molar-refractivity contribution in [2.24, 2.45) is 0 Å². The van der Waals surface area contributed by atoms with Crippen LogP contribution in [0.25, 0.3) is 16.0 Å². The van der Waals surface area contributed by atoms with Crippen LogP contribution in [0.15, 0.2) is 41.9 Å². The van der Waals surface area contributed by atoms with Crippen molar-refractivity contribution in [3.63, 3.8) is 0 Å². The molecule has 0 aliphatic heterocycles. The number of benzene rings is 1. The van der Waals surface area contributed by atoms with Gasteiger partial charge in [-0.2, -0.15) is 0 Å². The molecule has 0 atom stereocenters. The molecule has 2 heterocycles. The highest BCUT2D eigenvalue weighted by molar-refractivity contribution is 7.12. The van der Waals surface area contributed by atoms with E-state index in [1.165, 1.54) is 10.9 Å². The molecule has 0 N–H and O–H groups in total. The normalized spacial score (nSPS) is 10.9. The van der Waals surface area contributed by atoms with Crippen molar-refractivity contribution in [1.29, 1.82) is 0 Å². The Morgan fingerprint density at radius 1 is 1.21 bits per heavy atom. The van der Waals surface area contributed by atoms with Gasteiger partial charge in [-0.3, -0.25) is 4.57 Å². The zero-order valence-electron chi connectivity index (χ0n) is 7.34. The minimum atomic E-state index is 0.964. The number of hydrogen-bond acceptors (Lipinski definition) is 2. The Morgan fingerprint density at radius 2 is 2.14 bits per heavy atom. The second kappa shape index (κ2) is 2.96. The van der Waals surface area contributed by atoms with Crippen molar-refractivity contribution in [1.82, 2.24) is 9.55 Å². The Balaban J connectivity index is 2.33. The van der Waals surface area contributed by atoms with Gasteiger partial charge in [0.05, 0.1) is 5.52 Å². The first kappa shape index (κ1) is 7.76. The number of para-hydroxylation sites is 1. The predicted octanol–water partition coefficient (Wildman–Crippen LogP) is 2.89. The molecule has 2 aromatic heterocycles. The van der Waals surface area contributed by atoms with E-state index in [9.17, 15) is 0 Å². The fourth-order valence-corrected chi connectivity index (χ4v) is 2.14. The minimum Gasteiger partial charge on any atom is -0.293 e. The molecule has 0 amide bonds. The molecular formula is C11H7N2S. The zero-order valence-corrected chi connectivity index (χ0v) is 8.16. The van der Waals surface area contributed by atoms with Gasteiger partial charge in [0.25, 0.3) is 0 Å². The highest BCUT2D eigenvalue weighted by Gasteiger charge is 2.03. The molecule has 3 rings (SSSR count).